The molecule has 1 heterocycles. The van der Waals surface area contributed by atoms with Crippen molar-refractivity contribution in [3.05, 3.63) is 35.6 Å². The Hall–Kier alpha value is -2.03. The number of nitrogens with zero attached hydrogens (tertiary/aromatic N) is 1. The Morgan fingerprint density at radius 3 is 2.67 bits per heavy atom. The van der Waals surface area contributed by atoms with Crippen molar-refractivity contribution in [1.29, 1.82) is 0 Å². The fraction of sp³-hybridized carbons (Fsp3) is 0.579. The molecule has 0 spiro atoms. The Morgan fingerprint density at radius 1 is 1.37 bits per heavy atom. The molecule has 1 amide bonds. The van der Waals surface area contributed by atoms with Gasteiger partial charge >= 0.3 is 5.97 Å². The summed E-state index contributed by atoms with van der Waals surface area (Å²) in [5, 5.41) is 18.3. The number of carboxylic acid groups (broad SMARTS) is 1. The van der Waals surface area contributed by atoms with Crippen LogP contribution in [0.25, 0.3) is 0 Å². The summed E-state index contributed by atoms with van der Waals surface area (Å²) in [5.74, 6) is -2.55. The van der Waals surface area contributed by atoms with Crippen molar-refractivity contribution >= 4 is 11.9 Å². The first-order valence-electron chi connectivity index (χ1n) is 9.12. The molecule has 0 saturated carbocycles. The van der Waals surface area contributed by atoms with E-state index in [1.54, 1.807) is 17.6 Å². The second-order valence-electron chi connectivity index (χ2n) is 6.95. The smallest absolute Gasteiger partial charge is 0.307 e. The molecule has 1 aromatic rings. The van der Waals surface area contributed by atoms with Crippen LogP contribution >= 0.6 is 0 Å². The number of carbonyl (C=O) groups excluding carboxylic acids is 1. The number of nitrogens with one attached hydrogen (secondary N) is 1. The number of carboxylic acids is 1. The van der Waals surface area contributed by atoms with Crippen molar-refractivity contribution in [3.8, 4) is 0 Å². The topological polar surface area (TPSA) is 99.1 Å². The number of rotatable bonds is 9. The molecule has 150 valence electrons. The van der Waals surface area contributed by atoms with Gasteiger partial charge in [-0.1, -0.05) is 12.1 Å². The van der Waals surface area contributed by atoms with Gasteiger partial charge in [0.1, 0.15) is 5.82 Å². The van der Waals surface area contributed by atoms with E-state index >= 15 is 0 Å². The Morgan fingerprint density at radius 2 is 2.07 bits per heavy atom. The van der Waals surface area contributed by atoms with Gasteiger partial charge in [0.15, 0.2) is 0 Å². The molecule has 2 rings (SSSR count). The third-order valence-corrected chi connectivity index (χ3v) is 5.15. The van der Waals surface area contributed by atoms with Crippen LogP contribution in [0.3, 0.4) is 0 Å². The van der Waals surface area contributed by atoms with Crippen LogP contribution in [0.2, 0.25) is 0 Å². The van der Waals surface area contributed by atoms with Gasteiger partial charge in [-0.15, -0.1) is 0 Å². The largest absolute Gasteiger partial charge is 0.481 e. The molecule has 1 aliphatic rings. The van der Waals surface area contributed by atoms with Gasteiger partial charge in [0.05, 0.1) is 12.0 Å². The first kappa shape index (κ1) is 21.3. The van der Waals surface area contributed by atoms with E-state index in [-0.39, 0.29) is 11.7 Å². The van der Waals surface area contributed by atoms with E-state index in [0.717, 1.165) is 18.5 Å². The molecule has 0 radical (unpaired) electrons. The van der Waals surface area contributed by atoms with Crippen LogP contribution < -0.4 is 5.48 Å². The summed E-state index contributed by atoms with van der Waals surface area (Å²) < 4.78 is 18.6. The minimum atomic E-state index is -0.792. The van der Waals surface area contributed by atoms with Crippen LogP contribution in [0, 0.1) is 17.7 Å². The SMILES string of the molecule is CO[C@H](C[C@H](CCN1CCCC(C(=O)O)C1)C(=O)NO)c1ccc(F)cc1. The molecule has 27 heavy (non-hydrogen) atoms. The Kier molecular flexibility index (Phi) is 8.15. The third kappa shape index (κ3) is 6.27. The highest BCUT2D eigenvalue weighted by Gasteiger charge is 2.28. The zero-order valence-corrected chi connectivity index (χ0v) is 15.4. The maximum Gasteiger partial charge on any atom is 0.307 e. The number of hydrogen-bond donors (Lipinski definition) is 3. The molecule has 1 fully saturated rings. The maximum absolute atomic E-state index is 13.1. The van der Waals surface area contributed by atoms with Gasteiger partial charge < -0.3 is 14.7 Å². The van der Waals surface area contributed by atoms with Gasteiger partial charge in [-0.25, -0.2) is 9.87 Å². The predicted molar refractivity (Wildman–Crippen MR) is 95.6 cm³/mol. The predicted octanol–water partition coefficient (Wildman–Crippen LogP) is 2.21. The Balaban J connectivity index is 1.98. The van der Waals surface area contributed by atoms with Crippen molar-refractivity contribution in [2.24, 2.45) is 11.8 Å². The van der Waals surface area contributed by atoms with E-state index < -0.39 is 23.9 Å². The monoisotopic (exact) mass is 382 g/mol. The molecule has 7 nitrogen and oxygen atoms in total. The van der Waals surface area contributed by atoms with Crippen LogP contribution in [0.5, 0.6) is 0 Å². The zero-order chi connectivity index (χ0) is 19.8. The van der Waals surface area contributed by atoms with Crippen molar-refractivity contribution in [3.63, 3.8) is 0 Å². The van der Waals surface area contributed by atoms with Gasteiger partial charge in [0, 0.05) is 19.6 Å². The van der Waals surface area contributed by atoms with Crippen molar-refractivity contribution in [1.82, 2.24) is 10.4 Å². The van der Waals surface area contributed by atoms with Crippen LogP contribution in [0.4, 0.5) is 4.39 Å². The minimum absolute atomic E-state index is 0.324. The van der Waals surface area contributed by atoms with E-state index in [1.807, 2.05) is 4.90 Å². The van der Waals surface area contributed by atoms with Gasteiger partial charge in [-0.05, 0) is 56.5 Å². The summed E-state index contributed by atoms with van der Waals surface area (Å²) in [4.78, 5) is 25.3. The fourth-order valence-corrected chi connectivity index (χ4v) is 3.55. The standard InChI is InChI=1S/C19H27FN2O5/c1-27-17(13-4-6-16(20)7-5-13)11-14(18(23)21-26)8-10-22-9-2-3-15(12-22)19(24)25/h4-7,14-15,17,26H,2-3,8-12H2,1H3,(H,21,23)(H,24,25)/t14-,15?,17+/m0/s1. The molecule has 1 saturated heterocycles. The summed E-state index contributed by atoms with van der Waals surface area (Å²) >= 11 is 0. The number of halogens is 1. The normalized spacial score (nSPS) is 20.0. The first-order chi connectivity index (χ1) is 12.9. The summed E-state index contributed by atoms with van der Waals surface area (Å²) in [6.07, 6.45) is 1.85. The molecule has 0 aliphatic carbocycles. The number of benzene rings is 1. The zero-order valence-electron chi connectivity index (χ0n) is 15.4. The van der Waals surface area contributed by atoms with E-state index in [9.17, 15) is 19.1 Å². The van der Waals surface area contributed by atoms with Crippen molar-refractivity contribution < 1.29 is 29.0 Å². The summed E-state index contributed by atoms with van der Waals surface area (Å²) in [5.41, 5.74) is 2.45. The lowest BCUT2D eigenvalue weighted by Gasteiger charge is -2.31. The Bertz CT molecular complexity index is 625. The van der Waals surface area contributed by atoms with Crippen LogP contribution in [-0.2, 0) is 14.3 Å². The molecule has 0 aromatic heterocycles. The lowest BCUT2D eigenvalue weighted by Crippen LogP contribution is -2.40. The number of likely N-dealkylation sites (tertiary alicyclic amines) is 1. The molecule has 8 heteroatoms. The minimum Gasteiger partial charge on any atom is -0.481 e. The molecular formula is C19H27FN2O5. The van der Waals surface area contributed by atoms with Gasteiger partial charge in [0.25, 0.3) is 0 Å². The number of hydroxylamine groups is 1. The highest BCUT2D eigenvalue weighted by molar-refractivity contribution is 5.77. The van der Waals surface area contributed by atoms with Crippen molar-refractivity contribution in [2.75, 3.05) is 26.7 Å². The lowest BCUT2D eigenvalue weighted by molar-refractivity contribution is -0.144. The summed E-state index contributed by atoms with van der Waals surface area (Å²) in [7, 11) is 1.52. The number of carbonyl (C=O) groups is 2. The third-order valence-electron chi connectivity index (χ3n) is 5.15. The van der Waals surface area contributed by atoms with E-state index in [0.29, 0.717) is 32.4 Å². The number of hydrogen-bond acceptors (Lipinski definition) is 5. The molecule has 3 atom stereocenters. The second-order valence-corrected chi connectivity index (χ2v) is 6.95. The molecule has 1 aromatic carbocycles. The second kappa shape index (κ2) is 10.3. The average molecular weight is 382 g/mol. The summed E-state index contributed by atoms with van der Waals surface area (Å²) in [6, 6.07) is 5.89. The molecule has 1 aliphatic heterocycles. The highest BCUT2D eigenvalue weighted by atomic mass is 19.1. The van der Waals surface area contributed by atoms with E-state index in [1.165, 1.54) is 19.2 Å². The quantitative estimate of drug-likeness (QED) is 0.447. The average Bonchev–Trinajstić information content (AvgIpc) is 2.68. The number of methoxy groups -OCH3 is 1. The number of ether oxygens (including phenoxy) is 1. The van der Waals surface area contributed by atoms with E-state index in [4.69, 9.17) is 9.94 Å². The van der Waals surface area contributed by atoms with Gasteiger partial charge in [-0.2, -0.15) is 0 Å². The number of aliphatic carboxylic acids is 1. The van der Waals surface area contributed by atoms with Crippen LogP contribution in [0.15, 0.2) is 24.3 Å². The van der Waals surface area contributed by atoms with Gasteiger partial charge in [-0.3, -0.25) is 14.8 Å². The highest BCUT2D eigenvalue weighted by Crippen LogP contribution is 2.27. The summed E-state index contributed by atoms with van der Waals surface area (Å²) in [6.45, 7) is 1.82. The maximum atomic E-state index is 13.1. The molecule has 3 N–H and O–H groups in total. The Labute approximate surface area is 158 Å². The molecule has 1 unspecified atom stereocenters. The first-order valence-corrected chi connectivity index (χ1v) is 9.12. The van der Waals surface area contributed by atoms with Crippen molar-refractivity contribution in [2.45, 2.75) is 31.8 Å². The fourth-order valence-electron chi connectivity index (χ4n) is 3.55. The van der Waals surface area contributed by atoms with Gasteiger partial charge in [0.2, 0.25) is 5.91 Å². The van der Waals surface area contributed by atoms with Crippen LogP contribution in [0.1, 0.15) is 37.4 Å². The van der Waals surface area contributed by atoms with Crippen LogP contribution in [-0.4, -0.2) is 53.8 Å². The lowest BCUT2D eigenvalue weighted by atomic mass is 9.92. The molecular weight excluding hydrogens is 355 g/mol. The number of piperidine rings is 1. The number of amides is 1. The molecule has 0 bridgehead atoms. The van der Waals surface area contributed by atoms with E-state index in [2.05, 4.69) is 0 Å².